The molecule has 1 rings (SSSR count). The number of carbonyl (C=O) groups excluding carboxylic acids is 1. The Hall–Kier alpha value is -1.14. The summed E-state index contributed by atoms with van der Waals surface area (Å²) in [5.74, 6) is -0.144. The van der Waals surface area contributed by atoms with Gasteiger partial charge in [-0.3, -0.25) is 14.9 Å². The number of hydrogen-bond acceptors (Lipinski definition) is 4. The Morgan fingerprint density at radius 3 is 2.60 bits per heavy atom. The van der Waals surface area contributed by atoms with Crippen molar-refractivity contribution in [3.8, 4) is 5.75 Å². The molecule has 0 aliphatic heterocycles. The summed E-state index contributed by atoms with van der Waals surface area (Å²) >= 11 is 8.36. The molecule has 0 N–H and O–H groups in total. The second-order valence-electron chi connectivity index (χ2n) is 2.51. The first-order chi connectivity index (χ1) is 6.99. The Bertz CT molecular complexity index is 435. The molecule has 0 spiro atoms. The monoisotopic (exact) mass is 293 g/mol. The third kappa shape index (κ3) is 2.27. The minimum Gasteiger partial charge on any atom is -0.490 e. The lowest BCUT2D eigenvalue weighted by Gasteiger charge is -2.06. The predicted molar refractivity (Wildman–Crippen MR) is 57.5 cm³/mol. The third-order valence-electron chi connectivity index (χ3n) is 1.68. The van der Waals surface area contributed by atoms with E-state index in [1.807, 2.05) is 0 Å². The normalized spacial score (nSPS) is 9.80. The van der Waals surface area contributed by atoms with E-state index in [0.29, 0.717) is 4.47 Å². The number of ether oxygens (including phenoxy) is 1. The van der Waals surface area contributed by atoms with Gasteiger partial charge in [0.2, 0.25) is 5.75 Å². The fraction of sp³-hybridized carbons (Fsp3) is 0.125. The Balaban J connectivity index is 3.54. The van der Waals surface area contributed by atoms with Gasteiger partial charge in [-0.25, -0.2) is 0 Å². The second-order valence-corrected chi connectivity index (χ2v) is 3.70. The summed E-state index contributed by atoms with van der Waals surface area (Å²) in [7, 11) is 1.23. The molecule has 15 heavy (non-hydrogen) atoms. The van der Waals surface area contributed by atoms with Crippen molar-refractivity contribution in [2.45, 2.75) is 0 Å². The lowest BCUT2D eigenvalue weighted by Crippen LogP contribution is -2.01. The summed E-state index contributed by atoms with van der Waals surface area (Å²) in [5.41, 5.74) is -0.349. The average Bonchev–Trinajstić information content (AvgIpc) is 2.15. The predicted octanol–water partition coefficient (Wildman–Crippen LogP) is 2.74. The zero-order valence-electron chi connectivity index (χ0n) is 7.49. The van der Waals surface area contributed by atoms with Gasteiger partial charge in [-0.2, -0.15) is 0 Å². The smallest absolute Gasteiger partial charge is 0.311 e. The summed E-state index contributed by atoms with van der Waals surface area (Å²) in [4.78, 5) is 21.0. The van der Waals surface area contributed by atoms with Crippen LogP contribution in [0.15, 0.2) is 16.6 Å². The largest absolute Gasteiger partial charge is 0.490 e. The van der Waals surface area contributed by atoms with Crippen LogP contribution in [0.2, 0.25) is 0 Å². The number of carbonyl (C=O) groups is 1. The van der Waals surface area contributed by atoms with Crippen LogP contribution in [-0.4, -0.2) is 17.3 Å². The first-order valence-electron chi connectivity index (χ1n) is 3.69. The van der Waals surface area contributed by atoms with Crippen molar-refractivity contribution in [1.29, 1.82) is 0 Å². The number of hydrogen-bond donors (Lipinski definition) is 0. The number of nitro benzene ring substituents is 1. The van der Waals surface area contributed by atoms with Gasteiger partial charge in [0.15, 0.2) is 0 Å². The van der Waals surface area contributed by atoms with Crippen LogP contribution < -0.4 is 4.74 Å². The first kappa shape index (κ1) is 11.9. The van der Waals surface area contributed by atoms with E-state index in [1.54, 1.807) is 0 Å². The highest BCUT2D eigenvalue weighted by atomic mass is 79.9. The van der Waals surface area contributed by atoms with Crippen molar-refractivity contribution in [2.75, 3.05) is 7.11 Å². The Labute approximate surface area is 98.3 Å². The molecular weight excluding hydrogens is 289 g/mol. The zero-order valence-corrected chi connectivity index (χ0v) is 9.83. The van der Waals surface area contributed by atoms with Crippen molar-refractivity contribution >= 4 is 38.5 Å². The number of benzene rings is 1. The lowest BCUT2D eigenvalue weighted by molar-refractivity contribution is -0.385. The number of nitrogens with zero attached hydrogens (tertiary/aromatic N) is 1. The van der Waals surface area contributed by atoms with Gasteiger partial charge in [0, 0.05) is 10.5 Å². The van der Waals surface area contributed by atoms with Gasteiger partial charge < -0.3 is 4.74 Å². The molecular formula is C8H5BrClNO4. The summed E-state index contributed by atoms with van der Waals surface area (Å²) in [5, 5.41) is 9.81. The summed E-state index contributed by atoms with van der Waals surface area (Å²) in [6.45, 7) is 0. The summed E-state index contributed by atoms with van der Waals surface area (Å²) < 4.78 is 5.15. The van der Waals surface area contributed by atoms with E-state index in [4.69, 9.17) is 16.3 Å². The number of nitro groups is 1. The second kappa shape index (κ2) is 4.59. The van der Waals surface area contributed by atoms with Crippen LogP contribution >= 0.6 is 27.5 Å². The van der Waals surface area contributed by atoms with Gasteiger partial charge in [0.05, 0.1) is 17.6 Å². The van der Waals surface area contributed by atoms with E-state index in [1.165, 1.54) is 19.2 Å². The molecule has 0 aromatic heterocycles. The molecule has 80 valence electrons. The van der Waals surface area contributed by atoms with Crippen LogP contribution in [0.3, 0.4) is 0 Å². The van der Waals surface area contributed by atoms with Gasteiger partial charge in [-0.1, -0.05) is 0 Å². The molecule has 0 saturated heterocycles. The zero-order chi connectivity index (χ0) is 11.6. The van der Waals surface area contributed by atoms with Gasteiger partial charge >= 0.3 is 5.69 Å². The fourth-order valence-corrected chi connectivity index (χ4v) is 1.88. The number of halogens is 2. The van der Waals surface area contributed by atoms with E-state index in [2.05, 4.69) is 15.9 Å². The van der Waals surface area contributed by atoms with Gasteiger partial charge in [0.1, 0.15) is 0 Å². The van der Waals surface area contributed by atoms with Crippen LogP contribution in [0.5, 0.6) is 5.75 Å². The van der Waals surface area contributed by atoms with Crippen molar-refractivity contribution in [1.82, 2.24) is 0 Å². The first-order valence-corrected chi connectivity index (χ1v) is 4.86. The Morgan fingerprint density at radius 1 is 1.60 bits per heavy atom. The van der Waals surface area contributed by atoms with Crippen LogP contribution in [0.4, 0.5) is 5.69 Å². The SMILES string of the molecule is COc1c([N+](=O)[O-])ccc(Br)c1C(=O)Cl. The molecule has 0 fully saturated rings. The lowest BCUT2D eigenvalue weighted by atomic mass is 10.2. The highest BCUT2D eigenvalue weighted by Gasteiger charge is 2.24. The van der Waals surface area contributed by atoms with Crippen LogP contribution in [-0.2, 0) is 0 Å². The quantitative estimate of drug-likeness (QED) is 0.488. The van der Waals surface area contributed by atoms with Crippen molar-refractivity contribution in [3.05, 3.63) is 32.3 Å². The fourth-order valence-electron chi connectivity index (χ4n) is 1.08. The maximum atomic E-state index is 11.1. The summed E-state index contributed by atoms with van der Waals surface area (Å²) in [6, 6.07) is 2.60. The molecule has 7 heteroatoms. The highest BCUT2D eigenvalue weighted by molar-refractivity contribution is 9.10. The minimum atomic E-state index is -0.817. The van der Waals surface area contributed by atoms with Crippen molar-refractivity contribution < 1.29 is 14.5 Å². The number of methoxy groups -OCH3 is 1. The molecule has 5 nitrogen and oxygen atoms in total. The van der Waals surface area contributed by atoms with E-state index in [9.17, 15) is 14.9 Å². The standard InChI is InChI=1S/C8H5BrClNO4/c1-15-7-5(11(13)14)3-2-4(9)6(7)8(10)12/h2-3H,1H3. The molecule has 0 radical (unpaired) electrons. The van der Waals surface area contributed by atoms with Crippen LogP contribution in [0.25, 0.3) is 0 Å². The van der Waals surface area contributed by atoms with Crippen LogP contribution in [0, 0.1) is 10.1 Å². The minimum absolute atomic E-state index is 0.0478. The molecule has 0 aliphatic rings. The molecule has 0 bridgehead atoms. The number of rotatable bonds is 3. The van der Waals surface area contributed by atoms with E-state index in [-0.39, 0.29) is 17.0 Å². The maximum Gasteiger partial charge on any atom is 0.311 e. The van der Waals surface area contributed by atoms with Gasteiger partial charge in [-0.15, -0.1) is 0 Å². The Morgan fingerprint density at radius 2 is 2.20 bits per heavy atom. The van der Waals surface area contributed by atoms with Crippen LogP contribution in [0.1, 0.15) is 10.4 Å². The van der Waals surface area contributed by atoms with E-state index < -0.39 is 10.2 Å². The maximum absolute atomic E-state index is 11.1. The summed E-state index contributed by atoms with van der Waals surface area (Å²) in [6.07, 6.45) is 0. The van der Waals surface area contributed by atoms with Crippen molar-refractivity contribution in [3.63, 3.8) is 0 Å². The topological polar surface area (TPSA) is 69.4 Å². The molecule has 0 amide bonds. The molecule has 1 aromatic carbocycles. The van der Waals surface area contributed by atoms with Gasteiger partial charge in [0.25, 0.3) is 5.24 Å². The molecule has 0 heterocycles. The Kier molecular flexibility index (Phi) is 3.65. The third-order valence-corrected chi connectivity index (χ3v) is 2.53. The molecule has 0 saturated carbocycles. The average molecular weight is 294 g/mol. The van der Waals surface area contributed by atoms with E-state index in [0.717, 1.165) is 0 Å². The highest BCUT2D eigenvalue weighted by Crippen LogP contribution is 2.36. The molecule has 0 aliphatic carbocycles. The molecule has 1 aromatic rings. The molecule has 0 atom stereocenters. The van der Waals surface area contributed by atoms with E-state index >= 15 is 0 Å². The van der Waals surface area contributed by atoms with Gasteiger partial charge in [-0.05, 0) is 33.6 Å². The van der Waals surface area contributed by atoms with Crippen molar-refractivity contribution in [2.24, 2.45) is 0 Å². The molecule has 0 unspecified atom stereocenters.